The second-order valence-corrected chi connectivity index (χ2v) is 8.61. The first-order chi connectivity index (χ1) is 17.3. The lowest BCUT2D eigenvalue weighted by Gasteiger charge is -2.14. The van der Waals surface area contributed by atoms with Crippen molar-refractivity contribution in [3.8, 4) is 0 Å². The number of fused-ring (bicyclic) bond motifs is 1. The van der Waals surface area contributed by atoms with Crippen LogP contribution in [0.4, 0.5) is 24.9 Å². The van der Waals surface area contributed by atoms with Gasteiger partial charge in [-0.05, 0) is 35.9 Å². The van der Waals surface area contributed by atoms with Crippen molar-refractivity contribution in [3.63, 3.8) is 0 Å². The summed E-state index contributed by atoms with van der Waals surface area (Å²) in [5.41, 5.74) is 5.34. The van der Waals surface area contributed by atoms with Crippen LogP contribution in [0.25, 0.3) is 10.8 Å². The Balaban J connectivity index is 1.31. The van der Waals surface area contributed by atoms with Gasteiger partial charge in [0, 0.05) is 55.4 Å². The number of nitrogens with one attached hydrogen (secondary N) is 1. The molecule has 0 radical (unpaired) electrons. The Morgan fingerprint density at radius 3 is 2.53 bits per heavy atom. The smallest absolute Gasteiger partial charge is 0.383 e. The molecular weight excluding hydrogens is 473 g/mol. The van der Waals surface area contributed by atoms with Gasteiger partial charge in [0.25, 0.3) is 5.91 Å². The van der Waals surface area contributed by atoms with Gasteiger partial charge < -0.3 is 16.0 Å². The van der Waals surface area contributed by atoms with Crippen molar-refractivity contribution >= 4 is 28.4 Å². The van der Waals surface area contributed by atoms with Crippen LogP contribution in [0.3, 0.4) is 0 Å². The second kappa shape index (κ2) is 9.44. The van der Waals surface area contributed by atoms with E-state index in [1.807, 2.05) is 0 Å². The van der Waals surface area contributed by atoms with Crippen LogP contribution in [0, 0.1) is 0 Å². The first-order valence-corrected chi connectivity index (χ1v) is 11.4. The maximum atomic E-state index is 13.7. The number of aromatic nitrogens is 5. The number of alkyl halides is 3. The zero-order valence-corrected chi connectivity index (χ0v) is 19.2. The fourth-order valence-electron chi connectivity index (χ4n) is 4.21. The molecule has 0 bridgehead atoms. The molecule has 1 aromatic carbocycles. The van der Waals surface area contributed by atoms with Crippen LogP contribution < -0.4 is 16.0 Å². The Morgan fingerprint density at radius 1 is 1.06 bits per heavy atom. The molecule has 3 aromatic heterocycles. The topological polar surface area (TPSA) is 115 Å². The fourth-order valence-corrected chi connectivity index (χ4v) is 4.21. The van der Waals surface area contributed by atoms with Gasteiger partial charge in [0.05, 0.1) is 12.1 Å². The Labute approximate surface area is 204 Å². The van der Waals surface area contributed by atoms with Crippen molar-refractivity contribution in [2.75, 3.05) is 23.7 Å². The molecule has 1 aliphatic heterocycles. The van der Waals surface area contributed by atoms with Gasteiger partial charge in [-0.2, -0.15) is 18.3 Å². The van der Waals surface area contributed by atoms with Crippen molar-refractivity contribution in [1.29, 1.82) is 0 Å². The number of carbonyl (C=O) groups excluding carboxylic acids is 1. The maximum Gasteiger partial charge on any atom is 0.435 e. The van der Waals surface area contributed by atoms with Crippen molar-refractivity contribution in [1.82, 2.24) is 30.0 Å². The van der Waals surface area contributed by atoms with E-state index in [4.69, 9.17) is 5.73 Å². The van der Waals surface area contributed by atoms with Gasteiger partial charge in [-0.1, -0.05) is 12.1 Å². The second-order valence-electron chi connectivity index (χ2n) is 8.61. The number of pyridine rings is 1. The summed E-state index contributed by atoms with van der Waals surface area (Å²) >= 11 is 0. The summed E-state index contributed by atoms with van der Waals surface area (Å²) in [6.07, 6.45) is 3.16. The van der Waals surface area contributed by atoms with Gasteiger partial charge in [-0.15, -0.1) is 0 Å². The standard InChI is InChI=1S/C24H23F3N8O/c25-24(26,27)20-19(22(36)30-10-15-3-4-18-17(9-15)5-6-29-21(18)28)14-35(33-20)13-16-11-31-23(32-12-16)34-7-1-2-8-34/h3-6,9,11-12,14H,1-2,7-8,10,13H2,(H2,28,29)(H,30,36). The van der Waals surface area contributed by atoms with E-state index in [-0.39, 0.29) is 13.1 Å². The third-order valence-corrected chi connectivity index (χ3v) is 6.01. The Bertz CT molecular complexity index is 1400. The molecule has 36 heavy (non-hydrogen) atoms. The average molecular weight is 496 g/mol. The summed E-state index contributed by atoms with van der Waals surface area (Å²) in [5.74, 6) is 0.102. The number of hydrogen-bond acceptors (Lipinski definition) is 7. The first-order valence-electron chi connectivity index (χ1n) is 11.4. The lowest BCUT2D eigenvalue weighted by molar-refractivity contribution is -0.141. The molecule has 0 unspecified atom stereocenters. The molecule has 1 amide bonds. The van der Waals surface area contributed by atoms with Crippen LogP contribution in [0.5, 0.6) is 0 Å². The molecule has 9 nitrogen and oxygen atoms in total. The van der Waals surface area contributed by atoms with E-state index in [9.17, 15) is 18.0 Å². The van der Waals surface area contributed by atoms with Crippen LogP contribution in [-0.2, 0) is 19.3 Å². The molecule has 0 spiro atoms. The Morgan fingerprint density at radius 2 is 1.81 bits per heavy atom. The third kappa shape index (κ3) is 4.92. The maximum absolute atomic E-state index is 13.7. The molecule has 12 heteroatoms. The highest BCUT2D eigenvalue weighted by atomic mass is 19.4. The van der Waals surface area contributed by atoms with E-state index in [0.29, 0.717) is 22.9 Å². The number of nitrogen functional groups attached to an aromatic ring is 1. The van der Waals surface area contributed by atoms with Crippen molar-refractivity contribution in [3.05, 3.63) is 71.4 Å². The van der Waals surface area contributed by atoms with Gasteiger partial charge in [0.15, 0.2) is 5.69 Å². The number of amides is 1. The van der Waals surface area contributed by atoms with Gasteiger partial charge in [-0.3, -0.25) is 9.48 Å². The largest absolute Gasteiger partial charge is 0.435 e. The van der Waals surface area contributed by atoms with E-state index < -0.39 is 23.3 Å². The van der Waals surface area contributed by atoms with Crippen LogP contribution in [0.1, 0.15) is 40.0 Å². The lowest BCUT2D eigenvalue weighted by Crippen LogP contribution is -2.25. The van der Waals surface area contributed by atoms with E-state index >= 15 is 0 Å². The molecule has 0 aliphatic carbocycles. The molecule has 1 aliphatic rings. The highest BCUT2D eigenvalue weighted by molar-refractivity contribution is 5.95. The number of nitrogens with two attached hydrogens (primary N) is 1. The number of nitrogens with zero attached hydrogens (tertiary/aromatic N) is 6. The summed E-state index contributed by atoms with van der Waals surface area (Å²) < 4.78 is 42.1. The molecule has 186 valence electrons. The van der Waals surface area contributed by atoms with E-state index in [2.05, 4.69) is 30.3 Å². The predicted octanol–water partition coefficient (Wildman–Crippen LogP) is 3.40. The number of carbonyl (C=O) groups is 1. The van der Waals surface area contributed by atoms with Gasteiger partial charge >= 0.3 is 6.18 Å². The molecule has 5 rings (SSSR count). The highest BCUT2D eigenvalue weighted by Gasteiger charge is 2.39. The average Bonchev–Trinajstić information content (AvgIpc) is 3.54. The van der Waals surface area contributed by atoms with Crippen LogP contribution in [0.15, 0.2) is 49.1 Å². The molecule has 4 heterocycles. The monoisotopic (exact) mass is 496 g/mol. The van der Waals surface area contributed by atoms with Crippen molar-refractivity contribution in [2.24, 2.45) is 0 Å². The Kier molecular flexibility index (Phi) is 6.17. The first kappa shape index (κ1) is 23.5. The fraction of sp³-hybridized carbons (Fsp3) is 0.292. The zero-order chi connectivity index (χ0) is 25.3. The summed E-state index contributed by atoms with van der Waals surface area (Å²) in [4.78, 5) is 27.5. The third-order valence-electron chi connectivity index (χ3n) is 6.01. The quantitative estimate of drug-likeness (QED) is 0.420. The minimum absolute atomic E-state index is 0.00320. The molecule has 0 atom stereocenters. The summed E-state index contributed by atoms with van der Waals surface area (Å²) in [6, 6.07) is 7.06. The summed E-state index contributed by atoms with van der Waals surface area (Å²) in [7, 11) is 0. The normalized spacial score (nSPS) is 13.9. The van der Waals surface area contributed by atoms with Gasteiger partial charge in [0.1, 0.15) is 5.82 Å². The molecule has 1 saturated heterocycles. The van der Waals surface area contributed by atoms with E-state index in [1.54, 1.807) is 42.9 Å². The minimum Gasteiger partial charge on any atom is -0.383 e. The van der Waals surface area contributed by atoms with Gasteiger partial charge in [0.2, 0.25) is 5.95 Å². The molecule has 3 N–H and O–H groups in total. The molecule has 1 fully saturated rings. The summed E-state index contributed by atoms with van der Waals surface area (Å²) in [6.45, 7) is 1.80. The molecule has 4 aromatic rings. The number of hydrogen-bond donors (Lipinski definition) is 2. The lowest BCUT2D eigenvalue weighted by atomic mass is 10.1. The Hall–Kier alpha value is -4.22. The van der Waals surface area contributed by atoms with E-state index in [1.165, 1.54) is 0 Å². The van der Waals surface area contributed by atoms with Crippen molar-refractivity contribution < 1.29 is 18.0 Å². The number of benzene rings is 1. The zero-order valence-electron chi connectivity index (χ0n) is 19.2. The molecular formula is C24H23F3N8O. The SMILES string of the molecule is Nc1nccc2cc(CNC(=O)c3cn(Cc4cnc(N5CCCC5)nc4)nc3C(F)(F)F)ccc12. The highest BCUT2D eigenvalue weighted by Crippen LogP contribution is 2.31. The van der Waals surface area contributed by atoms with Gasteiger partial charge in [-0.25, -0.2) is 15.0 Å². The predicted molar refractivity (Wildman–Crippen MR) is 127 cm³/mol. The van der Waals surface area contributed by atoms with Crippen LogP contribution in [0.2, 0.25) is 0 Å². The number of rotatable bonds is 6. The van der Waals surface area contributed by atoms with Crippen LogP contribution in [-0.4, -0.2) is 43.7 Å². The van der Waals surface area contributed by atoms with Crippen molar-refractivity contribution in [2.45, 2.75) is 32.1 Å². The summed E-state index contributed by atoms with van der Waals surface area (Å²) in [5, 5.41) is 7.77. The molecule has 0 saturated carbocycles. The van der Waals surface area contributed by atoms with E-state index in [0.717, 1.165) is 47.6 Å². The minimum atomic E-state index is -4.79. The number of halogens is 3. The number of anilines is 2. The van der Waals surface area contributed by atoms with Crippen LogP contribution >= 0.6 is 0 Å².